The van der Waals surface area contributed by atoms with Crippen LogP contribution in [0.4, 0.5) is 9.39 Å². The van der Waals surface area contributed by atoms with E-state index in [4.69, 9.17) is 5.26 Å². The smallest absolute Gasteiger partial charge is 0.256 e. The van der Waals surface area contributed by atoms with E-state index in [2.05, 4.69) is 11.4 Å². The molecular weight excluding hydrogens is 275 g/mol. The van der Waals surface area contributed by atoms with Crippen LogP contribution in [0.1, 0.15) is 31.9 Å². The van der Waals surface area contributed by atoms with Gasteiger partial charge in [-0.15, -0.1) is 11.3 Å². The lowest BCUT2D eigenvalue weighted by molar-refractivity contribution is 0.102. The Hall–Kier alpha value is -2.19. The van der Waals surface area contributed by atoms with E-state index in [1.807, 2.05) is 13.8 Å². The van der Waals surface area contributed by atoms with Gasteiger partial charge in [0, 0.05) is 10.4 Å². The molecule has 102 valence electrons. The summed E-state index contributed by atoms with van der Waals surface area (Å²) >= 11 is 1.37. The Labute approximate surface area is 120 Å². The van der Waals surface area contributed by atoms with Gasteiger partial charge in [-0.05, 0) is 50.1 Å². The number of hydrogen-bond acceptors (Lipinski definition) is 3. The first-order valence-electron chi connectivity index (χ1n) is 6.01. The highest BCUT2D eigenvalue weighted by Gasteiger charge is 2.16. The van der Waals surface area contributed by atoms with E-state index in [1.165, 1.54) is 29.5 Å². The summed E-state index contributed by atoms with van der Waals surface area (Å²) in [6.07, 6.45) is 0. The van der Waals surface area contributed by atoms with Crippen LogP contribution in [0.15, 0.2) is 18.2 Å². The number of halogens is 1. The molecule has 0 saturated heterocycles. The van der Waals surface area contributed by atoms with Crippen LogP contribution >= 0.6 is 11.3 Å². The van der Waals surface area contributed by atoms with Crippen molar-refractivity contribution in [2.24, 2.45) is 0 Å². The fourth-order valence-corrected chi connectivity index (χ4v) is 2.82. The molecule has 0 radical (unpaired) electrons. The number of nitriles is 1. The molecule has 0 aliphatic heterocycles. The number of carbonyl (C=O) groups excluding carboxylic acids is 1. The Balaban J connectivity index is 2.30. The molecule has 1 heterocycles. The van der Waals surface area contributed by atoms with E-state index in [9.17, 15) is 9.18 Å². The minimum absolute atomic E-state index is 0.342. The predicted molar refractivity (Wildman–Crippen MR) is 77.6 cm³/mol. The fourth-order valence-electron chi connectivity index (χ4n) is 1.81. The highest BCUT2D eigenvalue weighted by atomic mass is 32.1. The SMILES string of the molecule is Cc1cc(C(=O)Nc2sc(C)c(C)c2C#N)ccc1F. The molecule has 0 spiro atoms. The molecule has 0 atom stereocenters. The van der Waals surface area contributed by atoms with Crippen molar-refractivity contribution in [3.05, 3.63) is 51.1 Å². The second-order valence-corrected chi connectivity index (χ2v) is 5.74. The van der Waals surface area contributed by atoms with Crippen molar-refractivity contribution < 1.29 is 9.18 Å². The zero-order valence-electron chi connectivity index (χ0n) is 11.4. The van der Waals surface area contributed by atoms with Crippen LogP contribution in [0.3, 0.4) is 0 Å². The number of anilines is 1. The molecule has 5 heteroatoms. The average Bonchev–Trinajstić information content (AvgIpc) is 2.67. The first-order chi connectivity index (χ1) is 9.43. The van der Waals surface area contributed by atoms with Gasteiger partial charge in [-0.3, -0.25) is 4.79 Å². The van der Waals surface area contributed by atoms with Crippen LogP contribution in [0.25, 0.3) is 0 Å². The number of benzene rings is 1. The van der Waals surface area contributed by atoms with Crippen LogP contribution in [-0.2, 0) is 0 Å². The van der Waals surface area contributed by atoms with E-state index in [0.717, 1.165) is 10.4 Å². The molecule has 0 saturated carbocycles. The number of nitrogens with one attached hydrogen (secondary N) is 1. The third-order valence-corrected chi connectivity index (χ3v) is 4.27. The number of nitrogens with zero attached hydrogens (tertiary/aromatic N) is 1. The lowest BCUT2D eigenvalue weighted by Gasteiger charge is -2.05. The summed E-state index contributed by atoms with van der Waals surface area (Å²) in [4.78, 5) is 13.1. The summed E-state index contributed by atoms with van der Waals surface area (Å²) in [6, 6.07) is 6.28. The van der Waals surface area contributed by atoms with Crippen LogP contribution < -0.4 is 5.32 Å². The van der Waals surface area contributed by atoms with Crippen LogP contribution in [0, 0.1) is 37.9 Å². The quantitative estimate of drug-likeness (QED) is 0.910. The zero-order valence-corrected chi connectivity index (χ0v) is 12.2. The van der Waals surface area contributed by atoms with Gasteiger partial charge in [0.05, 0.1) is 5.56 Å². The van der Waals surface area contributed by atoms with Gasteiger partial charge in [0.15, 0.2) is 0 Å². The Kier molecular flexibility index (Phi) is 3.86. The van der Waals surface area contributed by atoms with Crippen LogP contribution in [-0.4, -0.2) is 5.91 Å². The maximum Gasteiger partial charge on any atom is 0.256 e. The maximum absolute atomic E-state index is 13.2. The molecule has 1 amide bonds. The lowest BCUT2D eigenvalue weighted by atomic mass is 10.1. The summed E-state index contributed by atoms with van der Waals surface area (Å²) < 4.78 is 13.2. The van der Waals surface area contributed by atoms with E-state index in [0.29, 0.717) is 21.7 Å². The number of aryl methyl sites for hydroxylation is 2. The van der Waals surface area contributed by atoms with E-state index in [-0.39, 0.29) is 11.7 Å². The highest BCUT2D eigenvalue weighted by molar-refractivity contribution is 7.16. The first-order valence-corrected chi connectivity index (χ1v) is 6.83. The third-order valence-electron chi connectivity index (χ3n) is 3.14. The van der Waals surface area contributed by atoms with Gasteiger partial charge in [-0.1, -0.05) is 0 Å². The van der Waals surface area contributed by atoms with Crippen molar-refractivity contribution in [2.75, 3.05) is 5.32 Å². The predicted octanol–water partition coefficient (Wildman–Crippen LogP) is 3.94. The van der Waals surface area contributed by atoms with Crippen molar-refractivity contribution in [1.82, 2.24) is 0 Å². The average molecular weight is 288 g/mol. The molecule has 0 aliphatic carbocycles. The molecule has 1 aromatic carbocycles. The standard InChI is InChI=1S/C15H13FN2OS/c1-8-6-11(4-5-13(8)16)14(19)18-15-12(7-17)9(2)10(3)20-15/h4-6H,1-3H3,(H,18,19). The van der Waals surface area contributed by atoms with E-state index < -0.39 is 0 Å². The minimum Gasteiger partial charge on any atom is -0.312 e. The molecule has 2 rings (SSSR count). The molecule has 20 heavy (non-hydrogen) atoms. The molecule has 1 aromatic heterocycles. The molecule has 0 fully saturated rings. The van der Waals surface area contributed by atoms with E-state index in [1.54, 1.807) is 6.92 Å². The Morgan fingerprint density at radius 1 is 1.35 bits per heavy atom. The normalized spacial score (nSPS) is 10.2. The minimum atomic E-state index is -0.345. The lowest BCUT2D eigenvalue weighted by Crippen LogP contribution is -2.12. The number of carbonyl (C=O) groups is 1. The molecule has 0 unspecified atom stereocenters. The number of thiophene rings is 1. The van der Waals surface area contributed by atoms with Gasteiger partial charge in [-0.25, -0.2) is 4.39 Å². The van der Waals surface area contributed by atoms with Gasteiger partial charge < -0.3 is 5.32 Å². The van der Waals surface area contributed by atoms with Gasteiger partial charge in [0.1, 0.15) is 16.9 Å². The second-order valence-electron chi connectivity index (χ2n) is 4.52. The summed E-state index contributed by atoms with van der Waals surface area (Å²) in [6.45, 7) is 5.35. The van der Waals surface area contributed by atoms with Gasteiger partial charge >= 0.3 is 0 Å². The topological polar surface area (TPSA) is 52.9 Å². The van der Waals surface area contributed by atoms with Crippen molar-refractivity contribution >= 4 is 22.2 Å². The fraction of sp³-hybridized carbons (Fsp3) is 0.200. The number of amides is 1. The Morgan fingerprint density at radius 3 is 2.65 bits per heavy atom. The Morgan fingerprint density at radius 2 is 2.05 bits per heavy atom. The molecule has 1 N–H and O–H groups in total. The molecule has 2 aromatic rings. The largest absolute Gasteiger partial charge is 0.312 e. The third kappa shape index (κ3) is 2.56. The van der Waals surface area contributed by atoms with Crippen molar-refractivity contribution in [2.45, 2.75) is 20.8 Å². The van der Waals surface area contributed by atoms with Crippen LogP contribution in [0.5, 0.6) is 0 Å². The number of rotatable bonds is 2. The zero-order chi connectivity index (χ0) is 14.9. The van der Waals surface area contributed by atoms with Crippen molar-refractivity contribution in [3.63, 3.8) is 0 Å². The van der Waals surface area contributed by atoms with Gasteiger partial charge in [0.25, 0.3) is 5.91 Å². The summed E-state index contributed by atoms with van der Waals surface area (Å²) in [5.74, 6) is -0.687. The molecule has 0 bridgehead atoms. The maximum atomic E-state index is 13.2. The summed E-state index contributed by atoms with van der Waals surface area (Å²) in [7, 11) is 0. The highest BCUT2D eigenvalue weighted by Crippen LogP contribution is 2.32. The Bertz CT molecular complexity index is 728. The van der Waals surface area contributed by atoms with Gasteiger partial charge in [0.2, 0.25) is 0 Å². The molecule has 0 aliphatic rings. The van der Waals surface area contributed by atoms with Crippen molar-refractivity contribution in [1.29, 1.82) is 5.26 Å². The van der Waals surface area contributed by atoms with Crippen molar-refractivity contribution in [3.8, 4) is 6.07 Å². The summed E-state index contributed by atoms with van der Waals surface area (Å²) in [5, 5.41) is 12.4. The van der Waals surface area contributed by atoms with Gasteiger partial charge in [-0.2, -0.15) is 5.26 Å². The summed E-state index contributed by atoms with van der Waals surface area (Å²) in [5.41, 5.74) is 2.15. The second kappa shape index (κ2) is 5.43. The first kappa shape index (κ1) is 14.2. The number of hydrogen-bond donors (Lipinski definition) is 1. The van der Waals surface area contributed by atoms with E-state index >= 15 is 0 Å². The van der Waals surface area contributed by atoms with Crippen LogP contribution in [0.2, 0.25) is 0 Å². The molecular formula is C15H13FN2OS. The molecule has 3 nitrogen and oxygen atoms in total. The monoisotopic (exact) mass is 288 g/mol.